The van der Waals surface area contributed by atoms with Crippen LogP contribution in [0.1, 0.15) is 32.8 Å². The number of hydrogen-bond acceptors (Lipinski definition) is 2. The first kappa shape index (κ1) is 12.4. The van der Waals surface area contributed by atoms with Gasteiger partial charge in [0.1, 0.15) is 5.76 Å². The average Bonchev–Trinajstić information content (AvgIpc) is 2.76. The van der Waals surface area contributed by atoms with Crippen LogP contribution < -0.4 is 0 Å². The molecule has 0 fully saturated rings. The van der Waals surface area contributed by atoms with Gasteiger partial charge in [-0.05, 0) is 62.1 Å². The van der Waals surface area contributed by atoms with E-state index in [1.165, 1.54) is 17.2 Å². The van der Waals surface area contributed by atoms with Crippen LogP contribution in [-0.2, 0) is 0 Å². The summed E-state index contributed by atoms with van der Waals surface area (Å²) in [5.74, 6) is -0.446. The van der Waals surface area contributed by atoms with Gasteiger partial charge in [-0.3, -0.25) is 0 Å². The lowest BCUT2D eigenvalue weighted by Crippen LogP contribution is -1.95. The number of aromatic carboxylic acids is 1. The summed E-state index contributed by atoms with van der Waals surface area (Å²) in [6.45, 7) is 8.15. The molecule has 0 radical (unpaired) electrons. The predicted molar refractivity (Wildman–Crippen MR) is 70.1 cm³/mol. The van der Waals surface area contributed by atoms with Crippen molar-refractivity contribution in [3.63, 3.8) is 0 Å². The molecular weight excluding hydrogens is 228 g/mol. The van der Waals surface area contributed by atoms with Crippen LogP contribution in [0, 0.1) is 27.7 Å². The lowest BCUT2D eigenvalue weighted by Gasteiger charge is -2.13. The second-order valence-corrected chi connectivity index (χ2v) is 4.60. The summed E-state index contributed by atoms with van der Waals surface area (Å²) in [4.78, 5) is 10.9. The van der Waals surface area contributed by atoms with Gasteiger partial charge in [-0.15, -0.1) is 0 Å². The number of furan rings is 1. The van der Waals surface area contributed by atoms with Gasteiger partial charge in [-0.2, -0.15) is 0 Å². The fourth-order valence-electron chi connectivity index (χ4n) is 2.17. The SMILES string of the molecule is Cc1cc(C)c(C)c(-c2ccc(C(=O)O)o2)c1C. The zero-order valence-corrected chi connectivity index (χ0v) is 11.0. The Morgan fingerprint density at radius 1 is 1.06 bits per heavy atom. The molecule has 2 rings (SSSR count). The summed E-state index contributed by atoms with van der Waals surface area (Å²) >= 11 is 0. The molecule has 0 aliphatic heterocycles. The summed E-state index contributed by atoms with van der Waals surface area (Å²) in [5.41, 5.74) is 5.62. The van der Waals surface area contributed by atoms with Crippen LogP contribution in [0.25, 0.3) is 11.3 Å². The highest BCUT2D eigenvalue weighted by molar-refractivity contribution is 5.85. The van der Waals surface area contributed by atoms with E-state index >= 15 is 0 Å². The van der Waals surface area contributed by atoms with Crippen molar-refractivity contribution >= 4 is 5.97 Å². The van der Waals surface area contributed by atoms with Gasteiger partial charge in [0.2, 0.25) is 5.76 Å². The lowest BCUT2D eigenvalue weighted by molar-refractivity contribution is 0.0663. The van der Waals surface area contributed by atoms with Crippen molar-refractivity contribution < 1.29 is 14.3 Å². The van der Waals surface area contributed by atoms with E-state index in [1.54, 1.807) is 6.07 Å². The summed E-state index contributed by atoms with van der Waals surface area (Å²) in [6.07, 6.45) is 0. The minimum atomic E-state index is -1.04. The second kappa shape index (κ2) is 4.33. The molecule has 0 bridgehead atoms. The molecule has 0 saturated carbocycles. The smallest absolute Gasteiger partial charge is 0.371 e. The molecule has 0 saturated heterocycles. The Labute approximate surface area is 106 Å². The van der Waals surface area contributed by atoms with E-state index in [2.05, 4.69) is 6.07 Å². The van der Waals surface area contributed by atoms with E-state index in [-0.39, 0.29) is 5.76 Å². The van der Waals surface area contributed by atoms with Crippen LogP contribution in [0.15, 0.2) is 22.6 Å². The highest BCUT2D eigenvalue weighted by Gasteiger charge is 2.16. The minimum absolute atomic E-state index is 0.0250. The van der Waals surface area contributed by atoms with E-state index in [4.69, 9.17) is 9.52 Å². The van der Waals surface area contributed by atoms with Crippen LogP contribution in [0.3, 0.4) is 0 Å². The Hall–Kier alpha value is -2.03. The Bertz CT molecular complexity index is 595. The Morgan fingerprint density at radius 2 is 1.61 bits per heavy atom. The van der Waals surface area contributed by atoms with Crippen molar-refractivity contribution in [3.8, 4) is 11.3 Å². The van der Waals surface area contributed by atoms with Gasteiger partial charge in [-0.25, -0.2) is 4.79 Å². The minimum Gasteiger partial charge on any atom is -0.475 e. The molecular formula is C15H16O3. The van der Waals surface area contributed by atoms with Crippen molar-refractivity contribution in [1.82, 2.24) is 0 Å². The summed E-state index contributed by atoms with van der Waals surface area (Å²) in [6, 6.07) is 5.35. The van der Waals surface area contributed by atoms with E-state index in [9.17, 15) is 4.79 Å². The molecule has 0 spiro atoms. The van der Waals surface area contributed by atoms with Gasteiger partial charge in [0.25, 0.3) is 0 Å². The number of carboxylic acid groups (broad SMARTS) is 1. The van der Waals surface area contributed by atoms with E-state index in [0.29, 0.717) is 5.76 Å². The number of aryl methyl sites for hydroxylation is 2. The first-order valence-electron chi connectivity index (χ1n) is 5.82. The number of carboxylic acids is 1. The molecule has 1 N–H and O–H groups in total. The standard InChI is InChI=1S/C15H16O3/c1-8-7-9(2)11(4)14(10(8)3)12-5-6-13(18-12)15(16)17/h5-7H,1-4H3,(H,16,17). The number of benzene rings is 1. The molecule has 1 aromatic carbocycles. The third kappa shape index (κ3) is 1.92. The topological polar surface area (TPSA) is 50.4 Å². The number of hydrogen-bond donors (Lipinski definition) is 1. The van der Waals surface area contributed by atoms with Crippen LogP contribution in [-0.4, -0.2) is 11.1 Å². The van der Waals surface area contributed by atoms with Crippen molar-refractivity contribution in [3.05, 3.63) is 46.2 Å². The van der Waals surface area contributed by atoms with Gasteiger partial charge in [0, 0.05) is 5.56 Å². The Balaban J connectivity index is 2.66. The van der Waals surface area contributed by atoms with E-state index in [0.717, 1.165) is 16.7 Å². The molecule has 0 aliphatic rings. The molecule has 94 valence electrons. The normalized spacial score (nSPS) is 10.7. The molecule has 0 amide bonds. The van der Waals surface area contributed by atoms with Crippen LogP contribution in [0.5, 0.6) is 0 Å². The monoisotopic (exact) mass is 244 g/mol. The molecule has 18 heavy (non-hydrogen) atoms. The van der Waals surface area contributed by atoms with Crippen LogP contribution in [0.4, 0.5) is 0 Å². The van der Waals surface area contributed by atoms with E-state index < -0.39 is 5.97 Å². The van der Waals surface area contributed by atoms with Gasteiger partial charge < -0.3 is 9.52 Å². The third-order valence-electron chi connectivity index (χ3n) is 3.43. The average molecular weight is 244 g/mol. The maximum Gasteiger partial charge on any atom is 0.371 e. The molecule has 0 atom stereocenters. The largest absolute Gasteiger partial charge is 0.475 e. The molecule has 0 unspecified atom stereocenters. The molecule has 2 aromatic rings. The number of carbonyl (C=O) groups is 1. The molecule has 1 aromatic heterocycles. The first-order valence-corrected chi connectivity index (χ1v) is 5.82. The summed E-state index contributed by atoms with van der Waals surface area (Å²) < 4.78 is 5.40. The lowest BCUT2D eigenvalue weighted by atomic mass is 9.93. The third-order valence-corrected chi connectivity index (χ3v) is 3.43. The number of rotatable bonds is 2. The van der Waals surface area contributed by atoms with Crippen LogP contribution in [0.2, 0.25) is 0 Å². The Kier molecular flexibility index (Phi) is 2.99. The molecule has 0 aliphatic carbocycles. The molecule has 3 nitrogen and oxygen atoms in total. The van der Waals surface area contributed by atoms with Crippen molar-refractivity contribution in [2.75, 3.05) is 0 Å². The van der Waals surface area contributed by atoms with Crippen LogP contribution >= 0.6 is 0 Å². The molecule has 1 heterocycles. The highest BCUT2D eigenvalue weighted by atomic mass is 16.4. The summed E-state index contributed by atoms with van der Waals surface area (Å²) in [7, 11) is 0. The fourth-order valence-corrected chi connectivity index (χ4v) is 2.17. The Morgan fingerprint density at radius 3 is 2.06 bits per heavy atom. The quantitative estimate of drug-likeness (QED) is 0.872. The van der Waals surface area contributed by atoms with Crippen molar-refractivity contribution in [1.29, 1.82) is 0 Å². The van der Waals surface area contributed by atoms with Gasteiger partial charge in [-0.1, -0.05) is 6.07 Å². The highest BCUT2D eigenvalue weighted by Crippen LogP contribution is 2.32. The second-order valence-electron chi connectivity index (χ2n) is 4.60. The molecule has 3 heteroatoms. The van der Waals surface area contributed by atoms with Crippen molar-refractivity contribution in [2.45, 2.75) is 27.7 Å². The van der Waals surface area contributed by atoms with E-state index in [1.807, 2.05) is 27.7 Å². The zero-order valence-electron chi connectivity index (χ0n) is 11.0. The van der Waals surface area contributed by atoms with Gasteiger partial charge in [0.15, 0.2) is 0 Å². The maximum atomic E-state index is 10.9. The maximum absolute atomic E-state index is 10.9. The van der Waals surface area contributed by atoms with Gasteiger partial charge in [0.05, 0.1) is 0 Å². The van der Waals surface area contributed by atoms with Gasteiger partial charge >= 0.3 is 5.97 Å². The zero-order chi connectivity index (χ0) is 13.4. The van der Waals surface area contributed by atoms with Crippen molar-refractivity contribution in [2.24, 2.45) is 0 Å². The first-order chi connectivity index (χ1) is 8.41. The fraction of sp³-hybridized carbons (Fsp3) is 0.267. The predicted octanol–water partition coefficient (Wildman–Crippen LogP) is 3.88. The summed E-state index contributed by atoms with van der Waals surface area (Å²) in [5, 5.41) is 8.90.